The number of carbonyl (C=O) groups is 1. The number of rotatable bonds is 4. The Morgan fingerprint density at radius 3 is 2.63 bits per heavy atom. The SMILES string of the molecule is CCc1onc(C)c1C(=O)Nc1ccc(OC)cc1. The molecule has 19 heavy (non-hydrogen) atoms. The first kappa shape index (κ1) is 13.1. The largest absolute Gasteiger partial charge is 0.497 e. The molecule has 1 aromatic heterocycles. The predicted octanol–water partition coefficient (Wildman–Crippen LogP) is 2.81. The van der Waals surface area contributed by atoms with E-state index in [0.29, 0.717) is 29.1 Å². The number of benzene rings is 1. The number of anilines is 1. The van der Waals surface area contributed by atoms with Crippen LogP contribution in [-0.4, -0.2) is 18.2 Å². The maximum atomic E-state index is 12.2. The van der Waals surface area contributed by atoms with Gasteiger partial charge in [0.05, 0.1) is 12.8 Å². The van der Waals surface area contributed by atoms with Crippen LogP contribution >= 0.6 is 0 Å². The summed E-state index contributed by atoms with van der Waals surface area (Å²) in [4.78, 5) is 12.2. The number of aromatic nitrogens is 1. The zero-order chi connectivity index (χ0) is 13.8. The fraction of sp³-hybridized carbons (Fsp3) is 0.286. The number of carbonyl (C=O) groups excluding carboxylic acids is 1. The topological polar surface area (TPSA) is 64.4 Å². The number of hydrogen-bond donors (Lipinski definition) is 1. The van der Waals surface area contributed by atoms with E-state index in [1.54, 1.807) is 38.3 Å². The summed E-state index contributed by atoms with van der Waals surface area (Å²) in [5, 5.41) is 6.64. The van der Waals surface area contributed by atoms with Crippen molar-refractivity contribution in [3.05, 3.63) is 41.3 Å². The fourth-order valence-corrected chi connectivity index (χ4v) is 1.82. The van der Waals surface area contributed by atoms with Gasteiger partial charge in [0.15, 0.2) is 0 Å². The predicted molar refractivity (Wildman–Crippen MR) is 71.6 cm³/mol. The van der Waals surface area contributed by atoms with E-state index in [4.69, 9.17) is 9.26 Å². The monoisotopic (exact) mass is 260 g/mol. The molecule has 100 valence electrons. The summed E-state index contributed by atoms with van der Waals surface area (Å²) < 4.78 is 10.2. The van der Waals surface area contributed by atoms with Crippen molar-refractivity contribution in [1.29, 1.82) is 0 Å². The molecule has 1 heterocycles. The summed E-state index contributed by atoms with van der Waals surface area (Å²) in [6.07, 6.45) is 0.631. The molecule has 0 bridgehead atoms. The van der Waals surface area contributed by atoms with Crippen molar-refractivity contribution in [3.63, 3.8) is 0 Å². The molecule has 0 fully saturated rings. The van der Waals surface area contributed by atoms with E-state index in [0.717, 1.165) is 5.75 Å². The normalized spacial score (nSPS) is 10.3. The third kappa shape index (κ3) is 2.76. The molecule has 1 N–H and O–H groups in total. The van der Waals surface area contributed by atoms with Crippen molar-refractivity contribution in [2.45, 2.75) is 20.3 Å². The van der Waals surface area contributed by atoms with E-state index in [1.807, 2.05) is 6.92 Å². The van der Waals surface area contributed by atoms with Gasteiger partial charge in [-0.1, -0.05) is 12.1 Å². The van der Waals surface area contributed by atoms with Crippen LogP contribution in [0.15, 0.2) is 28.8 Å². The molecule has 0 aliphatic carbocycles. The quantitative estimate of drug-likeness (QED) is 0.918. The maximum absolute atomic E-state index is 12.2. The van der Waals surface area contributed by atoms with Crippen LogP contribution in [0, 0.1) is 6.92 Å². The van der Waals surface area contributed by atoms with E-state index < -0.39 is 0 Å². The van der Waals surface area contributed by atoms with Gasteiger partial charge in [0.1, 0.15) is 17.1 Å². The summed E-state index contributed by atoms with van der Waals surface area (Å²) in [6, 6.07) is 7.14. The van der Waals surface area contributed by atoms with Crippen LogP contribution in [0.25, 0.3) is 0 Å². The number of amides is 1. The zero-order valence-corrected chi connectivity index (χ0v) is 11.2. The van der Waals surface area contributed by atoms with Crippen molar-refractivity contribution in [3.8, 4) is 5.75 Å². The molecule has 0 radical (unpaired) electrons. The molecule has 0 spiro atoms. The third-order valence-corrected chi connectivity index (χ3v) is 2.83. The number of hydrogen-bond acceptors (Lipinski definition) is 4. The Morgan fingerprint density at radius 2 is 2.05 bits per heavy atom. The molecule has 2 aromatic rings. The van der Waals surface area contributed by atoms with E-state index in [-0.39, 0.29) is 5.91 Å². The zero-order valence-electron chi connectivity index (χ0n) is 11.2. The lowest BCUT2D eigenvalue weighted by Gasteiger charge is -2.06. The van der Waals surface area contributed by atoms with Crippen molar-refractivity contribution in [2.75, 3.05) is 12.4 Å². The molecular formula is C14H16N2O3. The highest BCUT2D eigenvalue weighted by Crippen LogP contribution is 2.19. The van der Waals surface area contributed by atoms with Crippen LogP contribution in [-0.2, 0) is 6.42 Å². The van der Waals surface area contributed by atoms with Crippen molar-refractivity contribution in [2.24, 2.45) is 0 Å². The van der Waals surface area contributed by atoms with Gasteiger partial charge in [0.25, 0.3) is 5.91 Å². The summed E-state index contributed by atoms with van der Waals surface area (Å²) in [5.74, 6) is 1.14. The first-order valence-corrected chi connectivity index (χ1v) is 6.06. The molecule has 0 aliphatic rings. The van der Waals surface area contributed by atoms with E-state index in [1.165, 1.54) is 0 Å². The lowest BCUT2D eigenvalue weighted by Crippen LogP contribution is -2.14. The first-order chi connectivity index (χ1) is 9.15. The molecule has 0 atom stereocenters. The lowest BCUT2D eigenvalue weighted by atomic mass is 10.1. The van der Waals surface area contributed by atoms with E-state index >= 15 is 0 Å². The highest BCUT2D eigenvalue weighted by molar-refractivity contribution is 6.05. The lowest BCUT2D eigenvalue weighted by molar-refractivity contribution is 0.102. The minimum absolute atomic E-state index is 0.208. The molecular weight excluding hydrogens is 244 g/mol. The number of nitrogens with one attached hydrogen (secondary N) is 1. The fourth-order valence-electron chi connectivity index (χ4n) is 1.82. The Labute approximate surface area is 111 Å². The third-order valence-electron chi connectivity index (χ3n) is 2.83. The second kappa shape index (κ2) is 5.56. The molecule has 5 nitrogen and oxygen atoms in total. The average molecular weight is 260 g/mol. The smallest absolute Gasteiger partial charge is 0.261 e. The van der Waals surface area contributed by atoms with Crippen molar-refractivity contribution in [1.82, 2.24) is 5.16 Å². The first-order valence-electron chi connectivity index (χ1n) is 6.06. The second-order valence-corrected chi connectivity index (χ2v) is 4.10. The summed E-state index contributed by atoms with van der Waals surface area (Å²) in [5.41, 5.74) is 1.81. The highest BCUT2D eigenvalue weighted by atomic mass is 16.5. The molecule has 0 aliphatic heterocycles. The molecule has 5 heteroatoms. The Bertz CT molecular complexity index is 573. The number of methoxy groups -OCH3 is 1. The van der Waals surface area contributed by atoms with E-state index in [9.17, 15) is 4.79 Å². The van der Waals surface area contributed by atoms with Gasteiger partial charge < -0.3 is 14.6 Å². The van der Waals surface area contributed by atoms with Crippen LogP contribution in [0.3, 0.4) is 0 Å². The average Bonchev–Trinajstić information content (AvgIpc) is 2.80. The van der Waals surface area contributed by atoms with E-state index in [2.05, 4.69) is 10.5 Å². The minimum Gasteiger partial charge on any atom is -0.497 e. The number of aryl methyl sites for hydroxylation is 2. The van der Waals surface area contributed by atoms with Crippen LogP contribution in [0.1, 0.15) is 28.7 Å². The highest BCUT2D eigenvalue weighted by Gasteiger charge is 2.19. The number of nitrogens with zero attached hydrogens (tertiary/aromatic N) is 1. The molecule has 1 aromatic carbocycles. The summed E-state index contributed by atoms with van der Waals surface area (Å²) >= 11 is 0. The van der Waals surface area contributed by atoms with Crippen molar-refractivity contribution >= 4 is 11.6 Å². The Kier molecular flexibility index (Phi) is 3.85. The van der Waals surface area contributed by atoms with Crippen LogP contribution in [0.2, 0.25) is 0 Å². The van der Waals surface area contributed by atoms with Gasteiger partial charge in [-0.3, -0.25) is 4.79 Å². The second-order valence-electron chi connectivity index (χ2n) is 4.10. The molecule has 0 saturated carbocycles. The Morgan fingerprint density at radius 1 is 1.37 bits per heavy atom. The molecule has 2 rings (SSSR count). The standard InChI is InChI=1S/C14H16N2O3/c1-4-12-13(9(2)16-19-12)14(17)15-10-5-7-11(18-3)8-6-10/h5-8H,4H2,1-3H3,(H,15,17). The van der Waals surface area contributed by atoms with Crippen LogP contribution in [0.5, 0.6) is 5.75 Å². The Hall–Kier alpha value is -2.30. The van der Waals surface area contributed by atoms with Gasteiger partial charge in [0.2, 0.25) is 0 Å². The number of ether oxygens (including phenoxy) is 1. The minimum atomic E-state index is -0.208. The molecule has 1 amide bonds. The summed E-state index contributed by atoms with van der Waals surface area (Å²) in [6.45, 7) is 3.68. The van der Waals surface area contributed by atoms with Gasteiger partial charge in [-0.05, 0) is 31.2 Å². The maximum Gasteiger partial charge on any atom is 0.261 e. The summed E-state index contributed by atoms with van der Waals surface area (Å²) in [7, 11) is 1.60. The van der Waals surface area contributed by atoms with Gasteiger partial charge >= 0.3 is 0 Å². The van der Waals surface area contributed by atoms with Crippen molar-refractivity contribution < 1.29 is 14.1 Å². The molecule has 0 unspecified atom stereocenters. The van der Waals surface area contributed by atoms with Crippen LogP contribution < -0.4 is 10.1 Å². The Balaban J connectivity index is 2.18. The van der Waals surface area contributed by atoms with Gasteiger partial charge in [-0.25, -0.2) is 0 Å². The molecule has 0 saturated heterocycles. The van der Waals surface area contributed by atoms with Gasteiger partial charge in [0, 0.05) is 12.1 Å². The van der Waals surface area contributed by atoms with Crippen LogP contribution in [0.4, 0.5) is 5.69 Å². The van der Waals surface area contributed by atoms with Gasteiger partial charge in [-0.15, -0.1) is 0 Å². The van der Waals surface area contributed by atoms with Gasteiger partial charge in [-0.2, -0.15) is 0 Å².